The van der Waals surface area contributed by atoms with Crippen molar-refractivity contribution in [2.45, 2.75) is 51.3 Å². The standard InChI is InChI=1S/C12H20N4O8S.Na.H/c1-12(2,3)23-10(18)14-13-9(17)8-5-4-7-6-15(8)11(19)16(7)24-25(20,21)22;;/h7-8H,4-6H2,1-3H3,(H,13,17)(H,14,18)(H,20,21,22);;/q;+1;-1/t7-,8+;;/m1../s1. The minimum Gasteiger partial charge on any atom is -1.00 e. The van der Waals surface area contributed by atoms with Crippen LogP contribution in [0.5, 0.6) is 0 Å². The minimum atomic E-state index is -4.85. The number of nitrogens with zero attached hydrogens (tertiary/aromatic N) is 2. The normalized spacial score (nSPS) is 22.5. The minimum absolute atomic E-state index is 0. The molecule has 0 aromatic heterocycles. The number of rotatable bonds is 3. The van der Waals surface area contributed by atoms with Crippen molar-refractivity contribution in [1.29, 1.82) is 0 Å². The van der Waals surface area contributed by atoms with E-state index < -0.39 is 46.1 Å². The molecule has 2 bridgehead atoms. The van der Waals surface area contributed by atoms with E-state index >= 15 is 0 Å². The molecule has 0 saturated carbocycles. The zero-order valence-corrected chi connectivity index (χ0v) is 17.7. The van der Waals surface area contributed by atoms with E-state index in [4.69, 9.17) is 9.29 Å². The molecule has 0 aliphatic carbocycles. The van der Waals surface area contributed by atoms with Crippen molar-refractivity contribution in [2.24, 2.45) is 0 Å². The zero-order valence-electron chi connectivity index (χ0n) is 15.9. The van der Waals surface area contributed by atoms with Gasteiger partial charge in [-0.15, -0.1) is 4.28 Å². The second kappa shape index (κ2) is 8.27. The molecule has 2 heterocycles. The Kier molecular flexibility index (Phi) is 7.29. The number of carbonyl (C=O) groups is 3. The van der Waals surface area contributed by atoms with Crippen LogP contribution in [0.2, 0.25) is 0 Å². The number of fused-ring (bicyclic) bond motifs is 2. The molecule has 2 aliphatic rings. The van der Waals surface area contributed by atoms with Gasteiger partial charge in [-0.3, -0.25) is 14.8 Å². The molecule has 2 saturated heterocycles. The molecule has 2 atom stereocenters. The van der Waals surface area contributed by atoms with E-state index in [-0.39, 0.29) is 50.4 Å². The summed E-state index contributed by atoms with van der Waals surface area (Å²) in [6, 6.07) is -2.39. The molecule has 2 aliphatic heterocycles. The summed E-state index contributed by atoms with van der Waals surface area (Å²) in [5.41, 5.74) is 3.49. The number of hydrogen-bond donors (Lipinski definition) is 3. The predicted molar refractivity (Wildman–Crippen MR) is 82.0 cm³/mol. The van der Waals surface area contributed by atoms with Crippen LogP contribution in [-0.4, -0.2) is 65.2 Å². The largest absolute Gasteiger partial charge is 1.00 e. The van der Waals surface area contributed by atoms with Gasteiger partial charge < -0.3 is 11.1 Å². The van der Waals surface area contributed by atoms with Crippen molar-refractivity contribution >= 4 is 28.4 Å². The Morgan fingerprint density at radius 3 is 2.42 bits per heavy atom. The summed E-state index contributed by atoms with van der Waals surface area (Å²) in [4.78, 5) is 37.0. The van der Waals surface area contributed by atoms with E-state index in [2.05, 4.69) is 15.1 Å². The Morgan fingerprint density at radius 2 is 1.88 bits per heavy atom. The van der Waals surface area contributed by atoms with Crippen LogP contribution in [-0.2, 0) is 24.2 Å². The molecule has 2 fully saturated rings. The molecule has 2 rings (SSSR count). The van der Waals surface area contributed by atoms with Crippen LogP contribution in [0.1, 0.15) is 35.0 Å². The third kappa shape index (κ3) is 5.96. The van der Waals surface area contributed by atoms with Crippen LogP contribution in [0.15, 0.2) is 0 Å². The second-order valence-corrected chi connectivity index (χ2v) is 7.63. The number of piperidine rings is 1. The van der Waals surface area contributed by atoms with Crippen molar-refractivity contribution in [2.75, 3.05) is 6.54 Å². The topological polar surface area (TPSA) is 155 Å². The molecule has 0 spiro atoms. The molecule has 144 valence electrons. The first kappa shape index (κ1) is 22.9. The molecule has 14 heteroatoms. The van der Waals surface area contributed by atoms with Gasteiger partial charge in [0.1, 0.15) is 11.6 Å². The maximum atomic E-state index is 12.2. The van der Waals surface area contributed by atoms with Gasteiger partial charge in [-0.2, -0.15) is 13.5 Å². The number of hydrogen-bond acceptors (Lipinski definition) is 7. The van der Waals surface area contributed by atoms with Crippen LogP contribution >= 0.6 is 0 Å². The van der Waals surface area contributed by atoms with Crippen molar-refractivity contribution in [3.63, 3.8) is 0 Å². The summed E-state index contributed by atoms with van der Waals surface area (Å²) in [5.74, 6) is -0.661. The molecule has 0 aromatic carbocycles. The molecule has 26 heavy (non-hydrogen) atoms. The first-order chi connectivity index (χ1) is 11.4. The SMILES string of the molecule is CC(C)(C)OC(=O)NNC(=O)[C@@H]1CC[C@@H]2CN1C(=O)N2OS(=O)(=O)O.[H-].[Na+]. The van der Waals surface area contributed by atoms with Crippen LogP contribution in [0.4, 0.5) is 9.59 Å². The summed E-state index contributed by atoms with van der Waals surface area (Å²) in [6.45, 7) is 5.02. The number of hydrazine groups is 1. The monoisotopic (exact) mass is 404 g/mol. The third-order valence-corrected chi connectivity index (χ3v) is 3.84. The fraction of sp³-hybridized carbons (Fsp3) is 0.750. The summed E-state index contributed by atoms with van der Waals surface area (Å²) in [7, 11) is -4.85. The molecule has 12 nitrogen and oxygen atoms in total. The number of ether oxygens (including phenoxy) is 1. The number of amides is 4. The summed E-state index contributed by atoms with van der Waals surface area (Å²) in [6.07, 6.45) is -0.357. The van der Waals surface area contributed by atoms with E-state index in [1.54, 1.807) is 20.8 Å². The van der Waals surface area contributed by atoms with Gasteiger partial charge in [0.25, 0.3) is 5.91 Å². The average Bonchev–Trinajstić information content (AvgIpc) is 2.67. The van der Waals surface area contributed by atoms with Crippen molar-refractivity contribution in [1.82, 2.24) is 20.8 Å². The van der Waals surface area contributed by atoms with E-state index in [0.29, 0.717) is 5.06 Å². The summed E-state index contributed by atoms with van der Waals surface area (Å²) < 4.78 is 39.6. The van der Waals surface area contributed by atoms with Gasteiger partial charge in [0.05, 0.1) is 6.04 Å². The maximum Gasteiger partial charge on any atom is 1.00 e. The number of urea groups is 1. The molecule has 0 radical (unpaired) electrons. The van der Waals surface area contributed by atoms with Crippen molar-refractivity contribution in [3.05, 3.63) is 0 Å². The quantitative estimate of drug-likeness (QED) is 0.251. The Labute approximate surface area is 174 Å². The fourth-order valence-electron chi connectivity index (χ4n) is 2.60. The van der Waals surface area contributed by atoms with Gasteiger partial charge in [-0.25, -0.2) is 15.0 Å². The van der Waals surface area contributed by atoms with E-state index in [1.807, 2.05) is 0 Å². The average molecular weight is 404 g/mol. The zero-order chi connectivity index (χ0) is 19.0. The molecule has 3 N–H and O–H groups in total. The number of nitrogens with one attached hydrogen (secondary N) is 2. The first-order valence-corrected chi connectivity index (χ1v) is 8.79. The van der Waals surface area contributed by atoms with Crippen LogP contribution in [0.3, 0.4) is 0 Å². The van der Waals surface area contributed by atoms with Crippen LogP contribution < -0.4 is 40.4 Å². The molecular weight excluding hydrogens is 383 g/mol. The van der Waals surface area contributed by atoms with Crippen molar-refractivity contribution in [3.8, 4) is 0 Å². The van der Waals surface area contributed by atoms with Gasteiger partial charge in [0, 0.05) is 6.54 Å². The third-order valence-electron chi connectivity index (χ3n) is 3.49. The predicted octanol–water partition coefficient (Wildman–Crippen LogP) is -3.34. The summed E-state index contributed by atoms with van der Waals surface area (Å²) >= 11 is 0. The van der Waals surface area contributed by atoms with Crippen LogP contribution in [0.25, 0.3) is 0 Å². The fourth-order valence-corrected chi connectivity index (χ4v) is 2.99. The molecule has 0 aromatic rings. The Balaban J connectivity index is 0.00000338. The van der Waals surface area contributed by atoms with Gasteiger partial charge in [0.2, 0.25) is 0 Å². The van der Waals surface area contributed by atoms with Gasteiger partial charge in [-0.1, -0.05) is 0 Å². The van der Waals surface area contributed by atoms with E-state index in [0.717, 1.165) is 4.90 Å². The number of carbonyl (C=O) groups excluding carboxylic acids is 3. The smallest absolute Gasteiger partial charge is 1.00 e. The maximum absolute atomic E-state index is 12.2. The number of hydroxylamine groups is 2. The second-order valence-electron chi connectivity index (χ2n) is 6.63. The van der Waals surface area contributed by atoms with Gasteiger partial charge >= 0.3 is 52.1 Å². The Bertz CT molecular complexity index is 685. The van der Waals surface area contributed by atoms with Crippen molar-refractivity contribution < 1.29 is 67.4 Å². The summed E-state index contributed by atoms with van der Waals surface area (Å²) in [5, 5.41) is 0.532. The van der Waals surface area contributed by atoms with Crippen LogP contribution in [0, 0.1) is 0 Å². The molecular formula is C12H21N4NaO8S. The van der Waals surface area contributed by atoms with Gasteiger partial charge in [-0.05, 0) is 33.6 Å². The van der Waals surface area contributed by atoms with Gasteiger partial charge in [0.15, 0.2) is 0 Å². The van der Waals surface area contributed by atoms with E-state index in [1.165, 1.54) is 0 Å². The van der Waals surface area contributed by atoms with E-state index in [9.17, 15) is 22.8 Å². The molecule has 0 unspecified atom stereocenters. The Morgan fingerprint density at radius 1 is 1.27 bits per heavy atom. The molecule has 4 amide bonds. The Hall–Kier alpha value is -1.12. The first-order valence-electron chi connectivity index (χ1n) is 7.43.